The smallest absolute Gasteiger partial charge is 0.257 e. The van der Waals surface area contributed by atoms with Gasteiger partial charge >= 0.3 is 0 Å². The van der Waals surface area contributed by atoms with E-state index < -0.39 is 15.3 Å². The summed E-state index contributed by atoms with van der Waals surface area (Å²) in [4.78, 5) is 16.4. The number of fused-ring (bicyclic) bond motifs is 1. The second kappa shape index (κ2) is 8.42. The number of oxazole rings is 1. The van der Waals surface area contributed by atoms with Crippen molar-refractivity contribution in [3.63, 3.8) is 0 Å². The number of carbonyl (C=O) groups is 1. The zero-order valence-electron chi connectivity index (χ0n) is 14.9. The van der Waals surface area contributed by atoms with E-state index in [-0.39, 0.29) is 10.8 Å². The molecule has 146 valence electrons. The fourth-order valence-electron chi connectivity index (χ4n) is 2.55. The molecule has 1 aromatic heterocycles. The molecule has 1 fully saturated rings. The lowest BCUT2D eigenvalue weighted by atomic mass is 10.3. The van der Waals surface area contributed by atoms with Crippen LogP contribution >= 0.6 is 11.8 Å². The summed E-state index contributed by atoms with van der Waals surface area (Å²) in [6, 6.07) is 4.59. The quantitative estimate of drug-likeness (QED) is 0.546. The van der Waals surface area contributed by atoms with Gasteiger partial charge in [0.25, 0.3) is 5.22 Å². The van der Waals surface area contributed by atoms with Crippen LogP contribution in [0.1, 0.15) is 6.92 Å². The number of nitrogens with zero attached hydrogens (tertiary/aromatic N) is 2. The van der Waals surface area contributed by atoms with Crippen LogP contribution in [0.2, 0.25) is 0 Å². The molecule has 8 nitrogen and oxygen atoms in total. The van der Waals surface area contributed by atoms with E-state index in [2.05, 4.69) is 16.9 Å². The lowest BCUT2D eigenvalue weighted by molar-refractivity contribution is -0.120. The fraction of sp³-hybridized carbons (Fsp3) is 0.412. The molecule has 0 saturated carbocycles. The van der Waals surface area contributed by atoms with Crippen LogP contribution in [0.5, 0.6) is 0 Å². The molecule has 1 atom stereocenters. The van der Waals surface area contributed by atoms with Gasteiger partial charge in [0.1, 0.15) is 5.52 Å². The Kier molecular flexibility index (Phi) is 6.20. The lowest BCUT2D eigenvalue weighted by Gasteiger charge is -2.25. The molecule has 27 heavy (non-hydrogen) atoms. The molecule has 1 amide bonds. The van der Waals surface area contributed by atoms with Crippen LogP contribution < -0.4 is 5.32 Å². The zero-order chi connectivity index (χ0) is 19.4. The number of nitrogens with one attached hydrogen (secondary N) is 1. The number of thioether (sulfide) groups is 1. The molecule has 2 heterocycles. The first kappa shape index (κ1) is 19.9. The van der Waals surface area contributed by atoms with Crippen molar-refractivity contribution >= 4 is 38.8 Å². The summed E-state index contributed by atoms with van der Waals surface area (Å²) in [5, 5.41) is 2.61. The van der Waals surface area contributed by atoms with Crippen molar-refractivity contribution in [3.05, 3.63) is 30.9 Å². The molecule has 1 saturated heterocycles. The molecule has 0 bridgehead atoms. The van der Waals surface area contributed by atoms with E-state index >= 15 is 0 Å². The van der Waals surface area contributed by atoms with Crippen LogP contribution in [0, 0.1) is 0 Å². The number of benzene rings is 1. The van der Waals surface area contributed by atoms with E-state index in [1.54, 1.807) is 19.1 Å². The number of carbonyl (C=O) groups excluding carboxylic acids is 1. The third kappa shape index (κ3) is 4.52. The first-order chi connectivity index (χ1) is 12.9. The molecule has 3 rings (SSSR count). The molecular formula is C17H21N3O5S2. The van der Waals surface area contributed by atoms with Gasteiger partial charge in [-0.05, 0) is 25.1 Å². The highest BCUT2D eigenvalue weighted by Gasteiger charge is 2.27. The minimum absolute atomic E-state index is 0.155. The topological polar surface area (TPSA) is 102 Å². The molecule has 0 aliphatic carbocycles. The van der Waals surface area contributed by atoms with Crippen molar-refractivity contribution in [2.75, 3.05) is 32.8 Å². The third-order valence-electron chi connectivity index (χ3n) is 4.01. The van der Waals surface area contributed by atoms with Crippen LogP contribution in [0.3, 0.4) is 0 Å². The van der Waals surface area contributed by atoms with Crippen LogP contribution in [-0.4, -0.2) is 61.7 Å². The largest absolute Gasteiger partial charge is 0.431 e. The van der Waals surface area contributed by atoms with Crippen molar-refractivity contribution < 1.29 is 22.4 Å². The predicted octanol–water partition coefficient (Wildman–Crippen LogP) is 1.63. The highest BCUT2D eigenvalue weighted by Crippen LogP contribution is 2.29. The summed E-state index contributed by atoms with van der Waals surface area (Å²) in [6.45, 7) is 7.12. The molecule has 0 spiro atoms. The molecule has 10 heteroatoms. The Morgan fingerprint density at radius 1 is 1.44 bits per heavy atom. The number of rotatable bonds is 7. The number of hydrogen-bond acceptors (Lipinski definition) is 7. The maximum atomic E-state index is 12.8. The minimum Gasteiger partial charge on any atom is -0.431 e. The van der Waals surface area contributed by atoms with Gasteiger partial charge in [0.2, 0.25) is 15.9 Å². The lowest BCUT2D eigenvalue weighted by Crippen LogP contribution is -2.40. The van der Waals surface area contributed by atoms with Gasteiger partial charge in [0, 0.05) is 19.6 Å². The van der Waals surface area contributed by atoms with Gasteiger partial charge in [0.05, 0.1) is 23.4 Å². The van der Waals surface area contributed by atoms with Crippen molar-refractivity contribution in [2.24, 2.45) is 0 Å². The standard InChI is InChI=1S/C17H21N3O5S2/c1-3-6-18-16(21)12(2)26-17-19-14-11-13(4-5-15(14)25-17)27(22,23)20-7-9-24-10-8-20/h3-5,11-12H,1,6-10H2,2H3,(H,18,21)/t12-/m0/s1. The summed E-state index contributed by atoms with van der Waals surface area (Å²) < 4.78 is 37.7. The van der Waals surface area contributed by atoms with Crippen LogP contribution in [0.15, 0.2) is 45.4 Å². The summed E-state index contributed by atoms with van der Waals surface area (Å²) >= 11 is 1.17. The average molecular weight is 412 g/mol. The molecule has 2 aromatic rings. The Bertz CT molecular complexity index is 935. The highest BCUT2D eigenvalue weighted by molar-refractivity contribution is 8.00. The van der Waals surface area contributed by atoms with Gasteiger partial charge in [0.15, 0.2) is 5.58 Å². The van der Waals surface area contributed by atoms with Gasteiger partial charge in [-0.1, -0.05) is 17.8 Å². The first-order valence-corrected chi connectivity index (χ1v) is 10.8. The van der Waals surface area contributed by atoms with E-state index in [1.165, 1.54) is 28.2 Å². The Labute approximate surface area is 162 Å². The first-order valence-electron chi connectivity index (χ1n) is 8.45. The number of ether oxygens (including phenoxy) is 1. The molecule has 1 aromatic carbocycles. The summed E-state index contributed by atoms with van der Waals surface area (Å²) in [6.07, 6.45) is 1.60. The second-order valence-electron chi connectivity index (χ2n) is 5.92. The zero-order valence-corrected chi connectivity index (χ0v) is 16.5. The van der Waals surface area contributed by atoms with Gasteiger partial charge in [-0.3, -0.25) is 4.79 Å². The molecule has 0 radical (unpaired) electrons. The Morgan fingerprint density at radius 3 is 2.89 bits per heavy atom. The molecule has 1 aliphatic rings. The molecule has 1 N–H and O–H groups in total. The third-order valence-corrected chi connectivity index (χ3v) is 6.85. The summed E-state index contributed by atoms with van der Waals surface area (Å²) in [5.74, 6) is -0.155. The van der Waals surface area contributed by atoms with E-state index in [0.29, 0.717) is 49.2 Å². The molecule has 1 aliphatic heterocycles. The molecular weight excluding hydrogens is 390 g/mol. The number of aromatic nitrogens is 1. The van der Waals surface area contributed by atoms with Gasteiger partial charge in [-0.2, -0.15) is 4.31 Å². The van der Waals surface area contributed by atoms with E-state index in [0.717, 1.165) is 0 Å². The molecule has 0 unspecified atom stereocenters. The second-order valence-corrected chi connectivity index (χ2v) is 9.15. The summed E-state index contributed by atoms with van der Waals surface area (Å²) in [7, 11) is -3.60. The maximum Gasteiger partial charge on any atom is 0.257 e. The van der Waals surface area contributed by atoms with Crippen molar-refractivity contribution in [3.8, 4) is 0 Å². The van der Waals surface area contributed by atoms with Gasteiger partial charge < -0.3 is 14.5 Å². The van der Waals surface area contributed by atoms with Gasteiger partial charge in [-0.15, -0.1) is 6.58 Å². The minimum atomic E-state index is -3.60. The monoisotopic (exact) mass is 411 g/mol. The Hall–Kier alpha value is -1.88. The average Bonchev–Trinajstić information content (AvgIpc) is 3.08. The number of sulfonamides is 1. The fourth-order valence-corrected chi connectivity index (χ4v) is 4.76. The van der Waals surface area contributed by atoms with E-state index in [4.69, 9.17) is 9.15 Å². The summed E-state index contributed by atoms with van der Waals surface area (Å²) in [5.41, 5.74) is 0.905. The Balaban J connectivity index is 1.78. The van der Waals surface area contributed by atoms with Crippen molar-refractivity contribution in [2.45, 2.75) is 22.3 Å². The van der Waals surface area contributed by atoms with Crippen molar-refractivity contribution in [1.82, 2.24) is 14.6 Å². The number of amides is 1. The maximum absolute atomic E-state index is 12.8. The normalized spacial score (nSPS) is 16.9. The van der Waals surface area contributed by atoms with Crippen LogP contribution in [0.25, 0.3) is 11.1 Å². The number of hydrogen-bond donors (Lipinski definition) is 1. The van der Waals surface area contributed by atoms with E-state index in [9.17, 15) is 13.2 Å². The number of morpholine rings is 1. The predicted molar refractivity (Wildman–Crippen MR) is 102 cm³/mol. The Morgan fingerprint density at radius 2 is 2.19 bits per heavy atom. The van der Waals surface area contributed by atoms with Crippen LogP contribution in [0.4, 0.5) is 0 Å². The van der Waals surface area contributed by atoms with Gasteiger partial charge in [-0.25, -0.2) is 13.4 Å². The van der Waals surface area contributed by atoms with Crippen LogP contribution in [-0.2, 0) is 19.6 Å². The van der Waals surface area contributed by atoms with E-state index in [1.807, 2.05) is 0 Å². The SMILES string of the molecule is C=CCNC(=O)[C@H](C)Sc1nc2cc(S(=O)(=O)N3CCOCC3)ccc2o1. The highest BCUT2D eigenvalue weighted by atomic mass is 32.2. The van der Waals surface area contributed by atoms with Crippen molar-refractivity contribution in [1.29, 1.82) is 0 Å².